The Kier molecular flexibility index (Phi) is 3.38. The van der Waals surface area contributed by atoms with Crippen LogP contribution in [0.1, 0.15) is 16.2 Å². The summed E-state index contributed by atoms with van der Waals surface area (Å²) in [5.74, 6) is 0.124. The Morgan fingerprint density at radius 1 is 1.15 bits per heavy atom. The van der Waals surface area contributed by atoms with Gasteiger partial charge < -0.3 is 5.11 Å². The molecule has 0 unspecified atom stereocenters. The van der Waals surface area contributed by atoms with Crippen molar-refractivity contribution in [2.24, 2.45) is 0 Å². The smallest absolute Gasteiger partial charge is 0.356 e. The molecule has 0 saturated heterocycles. The minimum atomic E-state index is -1.08. The van der Waals surface area contributed by atoms with E-state index >= 15 is 0 Å². The van der Waals surface area contributed by atoms with Crippen LogP contribution in [0.3, 0.4) is 0 Å². The van der Waals surface area contributed by atoms with E-state index in [1.165, 1.54) is 6.33 Å². The van der Waals surface area contributed by atoms with Crippen LogP contribution in [0.2, 0.25) is 5.02 Å². The molecule has 0 radical (unpaired) electrons. The van der Waals surface area contributed by atoms with Gasteiger partial charge in [-0.1, -0.05) is 41.9 Å². The quantitative estimate of drug-likeness (QED) is 0.508. The summed E-state index contributed by atoms with van der Waals surface area (Å²) in [6.45, 7) is 0.239. The van der Waals surface area contributed by atoms with Gasteiger partial charge in [0.1, 0.15) is 6.33 Å². The molecule has 2 aromatic heterocycles. The van der Waals surface area contributed by atoms with Crippen LogP contribution in [0, 0.1) is 0 Å². The summed E-state index contributed by atoms with van der Waals surface area (Å²) < 4.78 is 3.46. The maximum atomic E-state index is 11.6. The largest absolute Gasteiger partial charge is 0.476 e. The molecule has 1 N–H and O–H groups in total. The molecule has 8 heteroatoms. The Morgan fingerprint density at radius 2 is 1.96 bits per heavy atom. The summed E-state index contributed by atoms with van der Waals surface area (Å²) >= 11 is 6.23. The second-order valence-corrected chi connectivity index (χ2v) is 6.60. The lowest BCUT2D eigenvalue weighted by Crippen LogP contribution is -2.10. The molecule has 0 aliphatic carbocycles. The highest BCUT2D eigenvalue weighted by molar-refractivity contribution is 6.31. The lowest BCUT2D eigenvalue weighted by molar-refractivity contribution is 0.0689. The predicted molar refractivity (Wildman–Crippen MR) is 99.1 cm³/mol. The van der Waals surface area contributed by atoms with E-state index in [1.54, 1.807) is 15.3 Å². The first kappa shape index (κ1) is 15.8. The van der Waals surface area contributed by atoms with Gasteiger partial charge >= 0.3 is 5.97 Å². The number of benzene rings is 2. The van der Waals surface area contributed by atoms with Crippen molar-refractivity contribution >= 4 is 17.6 Å². The third-order valence-electron chi connectivity index (χ3n) is 4.53. The number of nitrogens with zero attached hydrogens (tertiary/aromatic N) is 5. The molecule has 4 aromatic rings. The number of aromatic nitrogens is 5. The predicted octanol–water partition coefficient (Wildman–Crippen LogP) is 3.51. The van der Waals surface area contributed by atoms with Gasteiger partial charge in [0, 0.05) is 16.1 Å². The van der Waals surface area contributed by atoms with E-state index in [4.69, 9.17) is 16.6 Å². The molecule has 1 aliphatic rings. The SMILES string of the molecule is O=C(O)c1ncn2c1Cn1nc(-c3ccccc3)nc1-c1cc(Cl)ccc1-2. The summed E-state index contributed by atoms with van der Waals surface area (Å²) in [5, 5.41) is 14.7. The van der Waals surface area contributed by atoms with E-state index in [1.807, 2.05) is 42.5 Å². The van der Waals surface area contributed by atoms with Crippen LogP contribution >= 0.6 is 11.6 Å². The molecule has 0 bridgehead atoms. The lowest BCUT2D eigenvalue weighted by Gasteiger charge is -2.08. The van der Waals surface area contributed by atoms with Crippen LogP contribution in [-0.4, -0.2) is 35.4 Å². The van der Waals surface area contributed by atoms with Crippen molar-refractivity contribution in [3.8, 4) is 28.5 Å². The van der Waals surface area contributed by atoms with Crippen LogP contribution in [0.15, 0.2) is 54.9 Å². The van der Waals surface area contributed by atoms with Gasteiger partial charge in [-0.25, -0.2) is 19.4 Å². The zero-order valence-electron chi connectivity index (χ0n) is 13.9. The molecule has 3 heterocycles. The van der Waals surface area contributed by atoms with Gasteiger partial charge in [-0.3, -0.25) is 4.57 Å². The summed E-state index contributed by atoms with van der Waals surface area (Å²) in [6, 6.07) is 15.0. The second-order valence-electron chi connectivity index (χ2n) is 6.16. The molecule has 1 aliphatic heterocycles. The molecule has 5 rings (SSSR count). The van der Waals surface area contributed by atoms with Crippen molar-refractivity contribution in [1.29, 1.82) is 0 Å². The van der Waals surface area contributed by atoms with Gasteiger partial charge in [-0.2, -0.15) is 5.10 Å². The molecule has 0 spiro atoms. The number of aromatic carboxylic acids is 1. The Bertz CT molecular complexity index is 1200. The monoisotopic (exact) mass is 377 g/mol. The highest BCUT2D eigenvalue weighted by atomic mass is 35.5. The summed E-state index contributed by atoms with van der Waals surface area (Å²) in [5.41, 5.74) is 2.95. The number of halogens is 1. The molecule has 0 amide bonds. The number of hydrogen-bond acceptors (Lipinski definition) is 4. The summed E-state index contributed by atoms with van der Waals surface area (Å²) in [4.78, 5) is 20.4. The van der Waals surface area contributed by atoms with Gasteiger partial charge in [-0.05, 0) is 18.2 Å². The van der Waals surface area contributed by atoms with E-state index in [2.05, 4.69) is 10.1 Å². The molecule has 0 saturated carbocycles. The Balaban J connectivity index is 1.79. The van der Waals surface area contributed by atoms with Crippen molar-refractivity contribution in [2.75, 3.05) is 0 Å². The van der Waals surface area contributed by atoms with Gasteiger partial charge in [0.25, 0.3) is 0 Å². The molecule has 132 valence electrons. The second kappa shape index (κ2) is 5.78. The normalized spacial score (nSPS) is 12.0. The third-order valence-corrected chi connectivity index (χ3v) is 4.77. The van der Waals surface area contributed by atoms with E-state index in [0.29, 0.717) is 22.4 Å². The van der Waals surface area contributed by atoms with Gasteiger partial charge in [0.05, 0.1) is 17.9 Å². The standard InChI is InChI=1S/C19H12ClN5O2/c20-12-6-7-14-13(8-12)18-22-17(11-4-2-1-3-5-11)23-25(18)9-15-16(19(26)27)21-10-24(14)15/h1-8,10H,9H2,(H,26,27). The number of imidazole rings is 1. The lowest BCUT2D eigenvalue weighted by atomic mass is 10.1. The summed E-state index contributed by atoms with van der Waals surface area (Å²) in [6.07, 6.45) is 1.51. The fourth-order valence-corrected chi connectivity index (χ4v) is 3.48. The fourth-order valence-electron chi connectivity index (χ4n) is 3.31. The van der Waals surface area contributed by atoms with Crippen molar-refractivity contribution < 1.29 is 9.90 Å². The first-order valence-corrected chi connectivity index (χ1v) is 8.59. The zero-order valence-corrected chi connectivity index (χ0v) is 14.6. The molecule has 0 fully saturated rings. The molecule has 0 atom stereocenters. The maximum Gasteiger partial charge on any atom is 0.356 e. The average Bonchev–Trinajstić information content (AvgIpc) is 3.25. The molecular formula is C19H12ClN5O2. The van der Waals surface area contributed by atoms with E-state index in [0.717, 1.165) is 16.8 Å². The minimum absolute atomic E-state index is 0.000473. The van der Waals surface area contributed by atoms with E-state index in [9.17, 15) is 9.90 Å². The Morgan fingerprint density at radius 3 is 2.74 bits per heavy atom. The van der Waals surface area contributed by atoms with Gasteiger partial charge in [-0.15, -0.1) is 0 Å². The van der Waals surface area contributed by atoms with Crippen LogP contribution < -0.4 is 0 Å². The molecule has 7 nitrogen and oxygen atoms in total. The topological polar surface area (TPSA) is 85.8 Å². The number of rotatable bonds is 2. The minimum Gasteiger partial charge on any atom is -0.476 e. The highest BCUT2D eigenvalue weighted by Crippen LogP contribution is 2.34. The number of carbonyl (C=O) groups is 1. The van der Waals surface area contributed by atoms with E-state index < -0.39 is 5.97 Å². The average molecular weight is 378 g/mol. The number of hydrogen-bond donors (Lipinski definition) is 1. The first-order chi connectivity index (χ1) is 13.1. The molecule has 2 aromatic carbocycles. The van der Waals surface area contributed by atoms with Crippen LogP contribution in [0.5, 0.6) is 0 Å². The van der Waals surface area contributed by atoms with Crippen LogP contribution in [0.25, 0.3) is 28.5 Å². The van der Waals surface area contributed by atoms with Crippen LogP contribution in [0.4, 0.5) is 0 Å². The molecular weight excluding hydrogens is 366 g/mol. The molecule has 27 heavy (non-hydrogen) atoms. The van der Waals surface area contributed by atoms with Crippen LogP contribution in [-0.2, 0) is 6.54 Å². The van der Waals surface area contributed by atoms with Crippen molar-refractivity contribution in [2.45, 2.75) is 6.54 Å². The number of fused-ring (bicyclic) bond motifs is 5. The Hall–Kier alpha value is -3.45. The van der Waals surface area contributed by atoms with Gasteiger partial charge in [0.2, 0.25) is 0 Å². The maximum absolute atomic E-state index is 11.6. The fraction of sp³-hybridized carbons (Fsp3) is 0.0526. The van der Waals surface area contributed by atoms with Crippen molar-refractivity contribution in [3.63, 3.8) is 0 Å². The zero-order chi connectivity index (χ0) is 18.5. The number of carboxylic acid groups (broad SMARTS) is 1. The van der Waals surface area contributed by atoms with E-state index in [-0.39, 0.29) is 12.2 Å². The third kappa shape index (κ3) is 2.43. The van der Waals surface area contributed by atoms with Gasteiger partial charge in [0.15, 0.2) is 17.3 Å². The Labute approximate surface area is 158 Å². The van der Waals surface area contributed by atoms with Crippen molar-refractivity contribution in [1.82, 2.24) is 24.3 Å². The highest BCUT2D eigenvalue weighted by Gasteiger charge is 2.27. The number of carboxylic acids is 1. The first-order valence-electron chi connectivity index (χ1n) is 8.22. The van der Waals surface area contributed by atoms with Crippen molar-refractivity contribution in [3.05, 3.63) is 71.3 Å². The summed E-state index contributed by atoms with van der Waals surface area (Å²) in [7, 11) is 0.